The molecule has 1 saturated heterocycles. The summed E-state index contributed by atoms with van der Waals surface area (Å²) in [5.74, 6) is -3.05. The number of halogens is 2. The van der Waals surface area contributed by atoms with E-state index in [9.17, 15) is 22.0 Å². The number of carbonyl (C=O) groups is 1. The molecule has 0 saturated carbocycles. The van der Waals surface area contributed by atoms with Crippen molar-refractivity contribution in [3.63, 3.8) is 0 Å². The van der Waals surface area contributed by atoms with Gasteiger partial charge in [-0.15, -0.1) is 0 Å². The van der Waals surface area contributed by atoms with E-state index in [-0.39, 0.29) is 12.2 Å². The predicted octanol–water partition coefficient (Wildman–Crippen LogP) is 0.0576. The summed E-state index contributed by atoms with van der Waals surface area (Å²) < 4.78 is 52.8. The maximum absolute atomic E-state index is 13.7. The van der Waals surface area contributed by atoms with E-state index in [1.165, 1.54) is 0 Å². The van der Waals surface area contributed by atoms with Crippen molar-refractivity contribution in [2.75, 3.05) is 25.4 Å². The zero-order chi connectivity index (χ0) is 14.9. The number of hydrogen-bond acceptors (Lipinski definition) is 4. The van der Waals surface area contributed by atoms with Gasteiger partial charge in [0.05, 0.1) is 6.54 Å². The Morgan fingerprint density at radius 3 is 2.45 bits per heavy atom. The number of nitrogens with one attached hydrogen (secondary N) is 1. The van der Waals surface area contributed by atoms with Crippen molar-refractivity contribution in [1.82, 2.24) is 9.62 Å². The lowest BCUT2D eigenvalue weighted by Crippen LogP contribution is -2.38. The van der Waals surface area contributed by atoms with Crippen molar-refractivity contribution in [2.45, 2.75) is 11.3 Å². The Bertz CT molecular complexity index is 625. The van der Waals surface area contributed by atoms with Gasteiger partial charge in [0, 0.05) is 18.8 Å². The molecule has 0 bridgehead atoms. The lowest BCUT2D eigenvalue weighted by atomic mass is 10.3. The van der Waals surface area contributed by atoms with E-state index in [0.717, 1.165) is 16.4 Å². The summed E-state index contributed by atoms with van der Waals surface area (Å²) in [4.78, 5) is 10.3. The molecule has 6 nitrogen and oxygen atoms in total. The average Bonchev–Trinajstić information content (AvgIpc) is 2.52. The van der Waals surface area contributed by atoms with Crippen LogP contribution in [0.3, 0.4) is 0 Å². The fourth-order valence-electron chi connectivity index (χ4n) is 1.94. The van der Waals surface area contributed by atoms with Gasteiger partial charge >= 0.3 is 0 Å². The fourth-order valence-corrected chi connectivity index (χ4v) is 3.46. The number of anilines is 1. The molecule has 2 rings (SSSR count). The van der Waals surface area contributed by atoms with Crippen molar-refractivity contribution in [3.05, 3.63) is 23.8 Å². The fraction of sp³-hybridized carbons (Fsp3) is 0.364. The molecule has 1 amide bonds. The summed E-state index contributed by atoms with van der Waals surface area (Å²) in [6.07, 6.45) is 0.364. The molecule has 0 radical (unpaired) electrons. The summed E-state index contributed by atoms with van der Waals surface area (Å²) in [6.45, 7) is -0.145. The van der Waals surface area contributed by atoms with Gasteiger partial charge in [-0.1, -0.05) is 0 Å². The molecule has 1 aliphatic heterocycles. The van der Waals surface area contributed by atoms with Crippen LogP contribution in [0.1, 0.15) is 6.42 Å². The van der Waals surface area contributed by atoms with Crippen LogP contribution in [0, 0.1) is 11.6 Å². The second-order valence-corrected chi connectivity index (χ2v) is 6.23. The van der Waals surface area contributed by atoms with Gasteiger partial charge in [-0.05, 0) is 18.6 Å². The van der Waals surface area contributed by atoms with Gasteiger partial charge in [-0.2, -0.15) is 4.31 Å². The highest BCUT2D eigenvalue weighted by atomic mass is 32.2. The van der Waals surface area contributed by atoms with Gasteiger partial charge in [-0.25, -0.2) is 17.2 Å². The van der Waals surface area contributed by atoms with E-state index in [1.807, 2.05) is 0 Å². The number of carbonyl (C=O) groups excluding carboxylic acids is 1. The highest BCUT2D eigenvalue weighted by Gasteiger charge is 2.33. The van der Waals surface area contributed by atoms with Crippen LogP contribution in [0.4, 0.5) is 14.5 Å². The van der Waals surface area contributed by atoms with Crippen LogP contribution in [0.2, 0.25) is 0 Å². The zero-order valence-corrected chi connectivity index (χ0v) is 11.2. The number of sulfonamides is 1. The van der Waals surface area contributed by atoms with Crippen molar-refractivity contribution in [1.29, 1.82) is 0 Å². The SMILES string of the molecule is Nc1cc(F)c(S(=O)(=O)N2CCCNC(=O)C2)c(F)c1. The Balaban J connectivity index is 2.47. The Hall–Kier alpha value is -1.74. The number of nitrogens with zero attached hydrogens (tertiary/aromatic N) is 1. The maximum atomic E-state index is 13.7. The highest BCUT2D eigenvalue weighted by Crippen LogP contribution is 2.25. The van der Waals surface area contributed by atoms with Crippen LogP contribution in [-0.4, -0.2) is 38.3 Å². The molecule has 110 valence electrons. The molecule has 0 aromatic heterocycles. The molecule has 0 unspecified atom stereocenters. The zero-order valence-electron chi connectivity index (χ0n) is 10.4. The van der Waals surface area contributed by atoms with E-state index in [2.05, 4.69) is 5.32 Å². The first-order valence-corrected chi connectivity index (χ1v) is 7.28. The Kier molecular flexibility index (Phi) is 3.91. The van der Waals surface area contributed by atoms with Gasteiger partial charge in [-0.3, -0.25) is 4.79 Å². The lowest BCUT2D eigenvalue weighted by Gasteiger charge is -2.19. The first-order chi connectivity index (χ1) is 9.32. The van der Waals surface area contributed by atoms with Crippen molar-refractivity contribution in [3.8, 4) is 0 Å². The summed E-state index contributed by atoms with van der Waals surface area (Å²) in [7, 11) is -4.43. The molecule has 1 aliphatic rings. The second-order valence-electron chi connectivity index (χ2n) is 4.36. The van der Waals surface area contributed by atoms with E-state index in [1.54, 1.807) is 0 Å². The molecule has 1 aromatic carbocycles. The molecule has 0 spiro atoms. The predicted molar refractivity (Wildman–Crippen MR) is 67.2 cm³/mol. The van der Waals surface area contributed by atoms with E-state index in [4.69, 9.17) is 5.73 Å². The van der Waals surface area contributed by atoms with Crippen LogP contribution in [0.15, 0.2) is 17.0 Å². The Labute approximate surface area is 114 Å². The number of benzene rings is 1. The average molecular weight is 305 g/mol. The molecule has 9 heteroatoms. The summed E-state index contributed by atoms with van der Waals surface area (Å²) in [5.41, 5.74) is 5.03. The van der Waals surface area contributed by atoms with Gasteiger partial charge in [0.1, 0.15) is 11.6 Å². The monoisotopic (exact) mass is 305 g/mol. The first-order valence-electron chi connectivity index (χ1n) is 5.84. The summed E-state index contributed by atoms with van der Waals surface area (Å²) >= 11 is 0. The second kappa shape index (κ2) is 5.33. The molecular weight excluding hydrogens is 292 g/mol. The van der Waals surface area contributed by atoms with Gasteiger partial charge in [0.25, 0.3) is 0 Å². The van der Waals surface area contributed by atoms with Crippen molar-refractivity contribution in [2.24, 2.45) is 0 Å². The molecule has 1 aromatic rings. The summed E-state index contributed by atoms with van der Waals surface area (Å²) in [5, 5.41) is 2.48. The third-order valence-electron chi connectivity index (χ3n) is 2.84. The minimum Gasteiger partial charge on any atom is -0.399 e. The smallest absolute Gasteiger partial charge is 0.249 e. The first kappa shape index (κ1) is 14.7. The minimum absolute atomic E-state index is 0.00430. The topological polar surface area (TPSA) is 92.5 Å². The van der Waals surface area contributed by atoms with Crippen molar-refractivity contribution < 1.29 is 22.0 Å². The largest absolute Gasteiger partial charge is 0.399 e. The van der Waals surface area contributed by atoms with Crippen LogP contribution >= 0.6 is 0 Å². The van der Waals surface area contributed by atoms with Crippen LogP contribution in [-0.2, 0) is 14.8 Å². The third-order valence-corrected chi connectivity index (χ3v) is 4.74. The number of nitrogens with two attached hydrogens (primary N) is 1. The number of nitrogen functional groups attached to an aromatic ring is 1. The lowest BCUT2D eigenvalue weighted by molar-refractivity contribution is -0.120. The summed E-state index contributed by atoms with van der Waals surface area (Å²) in [6, 6.07) is 1.46. The van der Waals surface area contributed by atoms with E-state index >= 15 is 0 Å². The third kappa shape index (κ3) is 2.73. The molecule has 3 N–H and O–H groups in total. The standard InChI is InChI=1S/C11H13F2N3O3S/c12-8-4-7(14)5-9(13)11(8)20(18,19)16-3-1-2-15-10(17)6-16/h4-5H,1-3,6,14H2,(H,15,17). The molecule has 1 heterocycles. The van der Waals surface area contributed by atoms with Crippen LogP contribution < -0.4 is 11.1 Å². The molecule has 20 heavy (non-hydrogen) atoms. The number of amides is 1. The Morgan fingerprint density at radius 1 is 1.25 bits per heavy atom. The Morgan fingerprint density at radius 2 is 1.85 bits per heavy atom. The molecular formula is C11H13F2N3O3S. The van der Waals surface area contributed by atoms with Crippen LogP contribution in [0.25, 0.3) is 0 Å². The maximum Gasteiger partial charge on any atom is 0.249 e. The van der Waals surface area contributed by atoms with Gasteiger partial charge < -0.3 is 11.1 Å². The van der Waals surface area contributed by atoms with E-state index < -0.39 is 39.0 Å². The van der Waals surface area contributed by atoms with E-state index in [0.29, 0.717) is 13.0 Å². The minimum atomic E-state index is -4.43. The number of hydrogen-bond donors (Lipinski definition) is 2. The van der Waals surface area contributed by atoms with Crippen LogP contribution in [0.5, 0.6) is 0 Å². The van der Waals surface area contributed by atoms with Gasteiger partial charge in [0.2, 0.25) is 15.9 Å². The van der Waals surface area contributed by atoms with Gasteiger partial charge in [0.15, 0.2) is 4.90 Å². The van der Waals surface area contributed by atoms with Crippen molar-refractivity contribution >= 4 is 21.6 Å². The molecule has 0 atom stereocenters. The molecule has 0 aliphatic carbocycles. The normalized spacial score (nSPS) is 17.6. The quantitative estimate of drug-likeness (QED) is 0.756. The highest BCUT2D eigenvalue weighted by molar-refractivity contribution is 7.89. The number of rotatable bonds is 2. The molecule has 1 fully saturated rings.